The van der Waals surface area contributed by atoms with E-state index in [9.17, 15) is 14.9 Å². The lowest BCUT2D eigenvalue weighted by molar-refractivity contribution is -0.384. The van der Waals surface area contributed by atoms with Crippen molar-refractivity contribution in [2.75, 3.05) is 5.73 Å². The lowest BCUT2D eigenvalue weighted by atomic mass is 9.91. The van der Waals surface area contributed by atoms with Crippen LogP contribution in [0.4, 0.5) is 11.4 Å². The molecule has 27 heavy (non-hydrogen) atoms. The van der Waals surface area contributed by atoms with Gasteiger partial charge in [-0.05, 0) is 24.6 Å². The zero-order valence-electron chi connectivity index (χ0n) is 14.7. The molecule has 0 aliphatic carbocycles. The molecule has 0 aliphatic rings. The topological polar surface area (TPSA) is 86.2 Å². The summed E-state index contributed by atoms with van der Waals surface area (Å²) in [5.74, 6) is -0.142. The number of rotatable bonds is 6. The van der Waals surface area contributed by atoms with Gasteiger partial charge in [-0.3, -0.25) is 14.9 Å². The molecule has 1 unspecified atom stereocenters. The second-order valence-electron chi connectivity index (χ2n) is 6.18. The number of nitro benzene ring substituents is 1. The van der Waals surface area contributed by atoms with E-state index in [0.29, 0.717) is 16.8 Å². The van der Waals surface area contributed by atoms with E-state index in [2.05, 4.69) is 0 Å². The van der Waals surface area contributed by atoms with Crippen molar-refractivity contribution in [2.45, 2.75) is 16.6 Å². The van der Waals surface area contributed by atoms with E-state index in [0.717, 1.165) is 4.90 Å². The Morgan fingerprint density at radius 2 is 1.67 bits per heavy atom. The average molecular weight is 378 g/mol. The SMILES string of the molecule is CC(Sc1ccccc1N)(C(=O)c1ccccc1)c1cccc([N+](=O)[O-])c1. The molecule has 0 amide bonds. The second-order valence-corrected chi connectivity index (χ2v) is 7.64. The molecule has 136 valence electrons. The third kappa shape index (κ3) is 3.85. The van der Waals surface area contributed by atoms with Crippen LogP contribution in [0.1, 0.15) is 22.8 Å². The van der Waals surface area contributed by atoms with Crippen LogP contribution in [-0.2, 0) is 4.75 Å². The normalized spacial score (nSPS) is 12.9. The Hall–Kier alpha value is -3.12. The highest BCUT2D eigenvalue weighted by Gasteiger charge is 2.38. The summed E-state index contributed by atoms with van der Waals surface area (Å²) < 4.78 is -1.08. The molecule has 3 aromatic carbocycles. The summed E-state index contributed by atoms with van der Waals surface area (Å²) in [7, 11) is 0. The molecular formula is C21H18N2O3S. The lowest BCUT2D eigenvalue weighted by Gasteiger charge is -2.28. The number of nitrogens with zero attached hydrogens (tertiary/aromatic N) is 1. The van der Waals surface area contributed by atoms with Gasteiger partial charge in [0.05, 0.1) is 4.92 Å². The van der Waals surface area contributed by atoms with Gasteiger partial charge >= 0.3 is 0 Å². The number of carbonyl (C=O) groups excluding carboxylic acids is 1. The number of nitrogens with two attached hydrogens (primary N) is 1. The van der Waals surface area contributed by atoms with Crippen molar-refractivity contribution in [3.63, 3.8) is 0 Å². The molecule has 0 aliphatic heterocycles. The molecule has 0 heterocycles. The number of nitro groups is 1. The van der Waals surface area contributed by atoms with E-state index in [-0.39, 0.29) is 11.5 Å². The number of para-hydroxylation sites is 1. The van der Waals surface area contributed by atoms with Gasteiger partial charge in [0.25, 0.3) is 5.69 Å². The molecule has 0 aromatic heterocycles. The average Bonchev–Trinajstić information content (AvgIpc) is 2.70. The first-order chi connectivity index (χ1) is 12.9. The Bertz CT molecular complexity index is 991. The zero-order chi connectivity index (χ0) is 19.4. The Labute approximate surface area is 161 Å². The fourth-order valence-corrected chi connectivity index (χ4v) is 4.04. The predicted octanol–water partition coefficient (Wildman–Crippen LogP) is 5.07. The first kappa shape index (κ1) is 18.7. The van der Waals surface area contributed by atoms with Crippen LogP contribution in [0.2, 0.25) is 0 Å². The summed E-state index contributed by atoms with van der Waals surface area (Å²) >= 11 is 1.30. The third-order valence-electron chi connectivity index (χ3n) is 4.31. The van der Waals surface area contributed by atoms with E-state index in [1.165, 1.54) is 23.9 Å². The van der Waals surface area contributed by atoms with Crippen molar-refractivity contribution in [3.8, 4) is 0 Å². The number of hydrogen-bond donors (Lipinski definition) is 1. The summed E-state index contributed by atoms with van der Waals surface area (Å²) in [6.07, 6.45) is 0. The molecule has 2 N–H and O–H groups in total. The number of thioether (sulfide) groups is 1. The van der Waals surface area contributed by atoms with Crippen LogP contribution >= 0.6 is 11.8 Å². The van der Waals surface area contributed by atoms with Crippen LogP contribution in [0.25, 0.3) is 0 Å². The highest BCUT2D eigenvalue weighted by Crippen LogP contribution is 2.46. The quantitative estimate of drug-likeness (QED) is 0.213. The van der Waals surface area contributed by atoms with Crippen LogP contribution in [0.15, 0.2) is 83.8 Å². The molecule has 0 fully saturated rings. The Morgan fingerprint density at radius 1 is 1.00 bits per heavy atom. The van der Waals surface area contributed by atoms with Gasteiger partial charge in [0.15, 0.2) is 5.78 Å². The Morgan fingerprint density at radius 3 is 2.33 bits per heavy atom. The number of nitrogen functional groups attached to an aromatic ring is 1. The van der Waals surface area contributed by atoms with Gasteiger partial charge in [-0.15, -0.1) is 11.8 Å². The van der Waals surface area contributed by atoms with E-state index >= 15 is 0 Å². The fraction of sp³-hybridized carbons (Fsp3) is 0.0952. The minimum absolute atomic E-state index is 0.0544. The monoisotopic (exact) mass is 378 g/mol. The highest BCUT2D eigenvalue weighted by atomic mass is 32.2. The summed E-state index contributed by atoms with van der Waals surface area (Å²) in [5.41, 5.74) is 7.67. The van der Waals surface area contributed by atoms with E-state index in [1.807, 2.05) is 24.3 Å². The Balaban J connectivity index is 2.14. The van der Waals surface area contributed by atoms with Crippen LogP contribution in [0.5, 0.6) is 0 Å². The second kappa shape index (κ2) is 7.63. The van der Waals surface area contributed by atoms with Gasteiger partial charge in [-0.2, -0.15) is 0 Å². The van der Waals surface area contributed by atoms with E-state index in [1.54, 1.807) is 49.4 Å². The van der Waals surface area contributed by atoms with Crippen molar-refractivity contribution in [1.82, 2.24) is 0 Å². The maximum absolute atomic E-state index is 13.4. The number of hydrogen-bond acceptors (Lipinski definition) is 5. The molecule has 0 spiro atoms. The maximum atomic E-state index is 13.4. The predicted molar refractivity (Wildman–Crippen MR) is 108 cm³/mol. The first-order valence-electron chi connectivity index (χ1n) is 8.30. The molecule has 5 nitrogen and oxygen atoms in total. The lowest BCUT2D eigenvalue weighted by Crippen LogP contribution is -2.29. The number of Topliss-reactive ketones (excluding diaryl/α,β-unsaturated/α-hetero) is 1. The summed E-state index contributed by atoms with van der Waals surface area (Å²) in [5, 5.41) is 11.2. The number of non-ortho nitro benzene ring substituents is 1. The molecule has 3 rings (SSSR count). The van der Waals surface area contributed by atoms with Crippen LogP contribution in [0.3, 0.4) is 0 Å². The molecule has 6 heteroatoms. The number of carbonyl (C=O) groups is 1. The van der Waals surface area contributed by atoms with E-state index < -0.39 is 9.67 Å². The fourth-order valence-electron chi connectivity index (χ4n) is 2.81. The molecule has 0 saturated carbocycles. The Kier molecular flexibility index (Phi) is 5.28. The molecule has 3 aromatic rings. The van der Waals surface area contributed by atoms with Gasteiger partial charge in [-0.1, -0.05) is 54.6 Å². The van der Waals surface area contributed by atoms with Crippen molar-refractivity contribution < 1.29 is 9.72 Å². The van der Waals surface area contributed by atoms with Gasteiger partial charge in [0.2, 0.25) is 0 Å². The van der Waals surface area contributed by atoms with Gasteiger partial charge < -0.3 is 5.73 Å². The third-order valence-corrected chi connectivity index (χ3v) is 5.73. The minimum Gasteiger partial charge on any atom is -0.398 e. The summed E-state index contributed by atoms with van der Waals surface area (Å²) in [6.45, 7) is 1.78. The number of benzene rings is 3. The smallest absolute Gasteiger partial charge is 0.269 e. The van der Waals surface area contributed by atoms with Crippen molar-refractivity contribution in [2.24, 2.45) is 0 Å². The number of ketones is 1. The molecular weight excluding hydrogens is 360 g/mol. The molecule has 1 atom stereocenters. The summed E-state index contributed by atoms with van der Waals surface area (Å²) in [4.78, 5) is 24.9. The van der Waals surface area contributed by atoms with Crippen LogP contribution < -0.4 is 5.73 Å². The molecule has 0 saturated heterocycles. The highest BCUT2D eigenvalue weighted by molar-refractivity contribution is 8.01. The minimum atomic E-state index is -1.08. The maximum Gasteiger partial charge on any atom is 0.269 e. The number of anilines is 1. The van der Waals surface area contributed by atoms with E-state index in [4.69, 9.17) is 5.73 Å². The first-order valence-corrected chi connectivity index (χ1v) is 9.12. The van der Waals surface area contributed by atoms with Gasteiger partial charge in [0.1, 0.15) is 4.75 Å². The van der Waals surface area contributed by atoms with Crippen LogP contribution in [-0.4, -0.2) is 10.7 Å². The van der Waals surface area contributed by atoms with Crippen LogP contribution in [0, 0.1) is 10.1 Å². The zero-order valence-corrected chi connectivity index (χ0v) is 15.5. The standard InChI is InChI=1S/C21H18N2O3S/c1-21(20(24)15-8-3-2-4-9-15,27-19-13-6-5-12-18(19)22)16-10-7-11-17(14-16)23(25)26/h2-14H,22H2,1H3. The molecule has 0 radical (unpaired) electrons. The summed E-state index contributed by atoms with van der Waals surface area (Å²) in [6, 6.07) is 22.4. The van der Waals surface area contributed by atoms with Crippen molar-refractivity contribution >= 4 is 28.9 Å². The van der Waals surface area contributed by atoms with Crippen molar-refractivity contribution in [3.05, 3.63) is 100 Å². The largest absolute Gasteiger partial charge is 0.398 e. The van der Waals surface area contributed by atoms with Crippen molar-refractivity contribution in [1.29, 1.82) is 0 Å². The van der Waals surface area contributed by atoms with Gasteiger partial charge in [0, 0.05) is 28.3 Å². The van der Waals surface area contributed by atoms with Gasteiger partial charge in [-0.25, -0.2) is 0 Å². The molecule has 0 bridgehead atoms.